The Morgan fingerprint density at radius 2 is 1.61 bits per heavy atom. The minimum absolute atomic E-state index is 0.338. The summed E-state index contributed by atoms with van der Waals surface area (Å²) in [6, 6.07) is 12.6. The fourth-order valence-corrected chi connectivity index (χ4v) is 3.18. The second-order valence-electron chi connectivity index (χ2n) is 7.28. The molecule has 2 aromatic rings. The predicted molar refractivity (Wildman–Crippen MR) is 125 cm³/mol. The molecule has 0 atom stereocenters. The molecule has 2 rings (SSSR count). The summed E-state index contributed by atoms with van der Waals surface area (Å²) in [6.45, 7) is 2.91. The first-order valence-electron chi connectivity index (χ1n) is 11.0. The maximum absolute atomic E-state index is 12.3. The topological polar surface area (TPSA) is 69.2 Å². The monoisotopic (exact) mass is 426 g/mol. The van der Waals surface area contributed by atoms with Crippen LogP contribution in [0.3, 0.4) is 0 Å². The van der Waals surface area contributed by atoms with Crippen molar-refractivity contribution in [3.05, 3.63) is 53.6 Å². The number of unbranched alkanes of at least 4 members (excludes halogenated alkanes) is 6. The van der Waals surface area contributed by atoms with Gasteiger partial charge >= 0.3 is 0 Å². The third kappa shape index (κ3) is 8.32. The number of nitrogens with zero attached hydrogens (tertiary/aromatic N) is 1. The van der Waals surface area contributed by atoms with Crippen molar-refractivity contribution in [1.82, 2.24) is 5.43 Å². The zero-order valence-corrected chi connectivity index (χ0v) is 18.9. The SMILES string of the molecule is CCCCCCCCCOc1ccc(/C=N/NC(=O)c2ccccc2OC)cc1OC. The molecule has 0 unspecified atom stereocenters. The van der Waals surface area contributed by atoms with Crippen LogP contribution < -0.4 is 19.6 Å². The number of para-hydroxylation sites is 1. The highest BCUT2D eigenvalue weighted by Crippen LogP contribution is 2.28. The van der Waals surface area contributed by atoms with Crippen LogP contribution in [-0.2, 0) is 0 Å². The highest BCUT2D eigenvalue weighted by Gasteiger charge is 2.10. The fourth-order valence-electron chi connectivity index (χ4n) is 3.18. The zero-order chi connectivity index (χ0) is 22.3. The Labute approximate surface area is 185 Å². The standard InChI is InChI=1S/C25H34N2O4/c1-4-5-6-7-8-9-12-17-31-23-16-15-20(18-24(23)30-3)19-26-27-25(28)21-13-10-11-14-22(21)29-2/h10-11,13-16,18-19H,4-9,12,17H2,1-3H3,(H,27,28)/b26-19+. The summed E-state index contributed by atoms with van der Waals surface area (Å²) >= 11 is 0. The van der Waals surface area contributed by atoms with E-state index in [2.05, 4.69) is 17.5 Å². The van der Waals surface area contributed by atoms with Crippen LogP contribution in [0.2, 0.25) is 0 Å². The summed E-state index contributed by atoms with van der Waals surface area (Å²) in [5.74, 6) is 1.52. The Bertz CT molecular complexity index is 836. The second kappa shape index (κ2) is 14.1. The summed E-state index contributed by atoms with van der Waals surface area (Å²) in [5.41, 5.74) is 3.74. The summed E-state index contributed by atoms with van der Waals surface area (Å²) < 4.78 is 16.5. The van der Waals surface area contributed by atoms with E-state index in [1.165, 1.54) is 45.6 Å². The molecule has 0 aliphatic carbocycles. The number of hydrazone groups is 1. The van der Waals surface area contributed by atoms with Gasteiger partial charge in [-0.1, -0.05) is 57.6 Å². The van der Waals surface area contributed by atoms with E-state index < -0.39 is 0 Å². The van der Waals surface area contributed by atoms with Gasteiger partial charge in [0.05, 0.1) is 32.6 Å². The molecule has 168 valence electrons. The van der Waals surface area contributed by atoms with Gasteiger partial charge in [-0.05, 0) is 42.3 Å². The van der Waals surface area contributed by atoms with Crippen molar-refractivity contribution >= 4 is 12.1 Å². The molecule has 0 spiro atoms. The fraction of sp³-hybridized carbons (Fsp3) is 0.440. The minimum Gasteiger partial charge on any atom is -0.496 e. The molecule has 1 amide bonds. The number of methoxy groups -OCH3 is 2. The van der Waals surface area contributed by atoms with Crippen LogP contribution in [-0.4, -0.2) is 32.9 Å². The number of rotatable bonds is 14. The normalized spacial score (nSPS) is 10.8. The van der Waals surface area contributed by atoms with Gasteiger partial charge in [0.25, 0.3) is 5.91 Å². The van der Waals surface area contributed by atoms with Crippen LogP contribution in [0.4, 0.5) is 0 Å². The molecule has 0 saturated heterocycles. The van der Waals surface area contributed by atoms with Gasteiger partial charge in [0.2, 0.25) is 0 Å². The van der Waals surface area contributed by atoms with Crippen molar-refractivity contribution in [3.63, 3.8) is 0 Å². The number of hydrogen-bond donors (Lipinski definition) is 1. The lowest BCUT2D eigenvalue weighted by Gasteiger charge is -2.11. The number of nitrogens with one attached hydrogen (secondary N) is 1. The maximum Gasteiger partial charge on any atom is 0.275 e. The quantitative estimate of drug-likeness (QED) is 0.243. The van der Waals surface area contributed by atoms with E-state index in [4.69, 9.17) is 14.2 Å². The smallest absolute Gasteiger partial charge is 0.275 e. The number of amides is 1. The van der Waals surface area contributed by atoms with Gasteiger partial charge in [-0.25, -0.2) is 5.43 Å². The molecule has 0 aliphatic heterocycles. The van der Waals surface area contributed by atoms with E-state index in [0.717, 1.165) is 12.0 Å². The highest BCUT2D eigenvalue weighted by atomic mass is 16.5. The average Bonchev–Trinajstić information content (AvgIpc) is 2.81. The van der Waals surface area contributed by atoms with Gasteiger partial charge in [0.15, 0.2) is 11.5 Å². The molecular formula is C25H34N2O4. The predicted octanol–water partition coefficient (Wildman–Crippen LogP) is 5.60. The molecule has 0 heterocycles. The summed E-state index contributed by atoms with van der Waals surface area (Å²) in [4.78, 5) is 12.3. The first kappa shape index (κ1) is 24.3. The molecule has 2 aromatic carbocycles. The van der Waals surface area contributed by atoms with Gasteiger partial charge in [-0.2, -0.15) is 5.10 Å². The first-order valence-corrected chi connectivity index (χ1v) is 11.0. The van der Waals surface area contributed by atoms with E-state index in [9.17, 15) is 4.79 Å². The van der Waals surface area contributed by atoms with E-state index in [-0.39, 0.29) is 5.91 Å². The van der Waals surface area contributed by atoms with Gasteiger partial charge in [-0.3, -0.25) is 4.79 Å². The lowest BCUT2D eigenvalue weighted by Crippen LogP contribution is -2.18. The Balaban J connectivity index is 1.83. The summed E-state index contributed by atoms with van der Waals surface area (Å²) in [6.07, 6.45) is 10.3. The molecule has 6 heteroatoms. The molecule has 0 fully saturated rings. The Hall–Kier alpha value is -3.02. The lowest BCUT2D eigenvalue weighted by atomic mass is 10.1. The largest absolute Gasteiger partial charge is 0.496 e. The van der Waals surface area contributed by atoms with Crippen molar-refractivity contribution in [3.8, 4) is 17.2 Å². The Morgan fingerprint density at radius 1 is 0.903 bits per heavy atom. The van der Waals surface area contributed by atoms with E-state index >= 15 is 0 Å². The van der Waals surface area contributed by atoms with Crippen LogP contribution in [0.1, 0.15) is 67.8 Å². The number of hydrogen-bond acceptors (Lipinski definition) is 5. The van der Waals surface area contributed by atoms with Gasteiger partial charge in [-0.15, -0.1) is 0 Å². The van der Waals surface area contributed by atoms with Crippen molar-refractivity contribution in [1.29, 1.82) is 0 Å². The van der Waals surface area contributed by atoms with E-state index in [0.29, 0.717) is 29.4 Å². The molecule has 0 saturated carbocycles. The minimum atomic E-state index is -0.338. The molecule has 1 N–H and O–H groups in total. The molecule has 0 aromatic heterocycles. The van der Waals surface area contributed by atoms with Crippen LogP contribution in [0.15, 0.2) is 47.6 Å². The van der Waals surface area contributed by atoms with Crippen LogP contribution in [0.5, 0.6) is 17.2 Å². The van der Waals surface area contributed by atoms with Crippen LogP contribution in [0, 0.1) is 0 Å². The van der Waals surface area contributed by atoms with Gasteiger partial charge in [0.1, 0.15) is 5.75 Å². The number of ether oxygens (including phenoxy) is 3. The maximum atomic E-state index is 12.3. The van der Waals surface area contributed by atoms with Crippen molar-refractivity contribution in [2.45, 2.75) is 51.9 Å². The molecule has 0 aliphatic rings. The second-order valence-corrected chi connectivity index (χ2v) is 7.28. The Morgan fingerprint density at radius 3 is 2.35 bits per heavy atom. The Kier molecular flexibility index (Phi) is 11.0. The summed E-state index contributed by atoms with van der Waals surface area (Å²) in [7, 11) is 3.14. The number of carbonyl (C=O) groups is 1. The van der Waals surface area contributed by atoms with Crippen LogP contribution in [0.25, 0.3) is 0 Å². The van der Waals surface area contributed by atoms with Gasteiger partial charge < -0.3 is 14.2 Å². The third-order valence-electron chi connectivity index (χ3n) is 4.92. The highest BCUT2D eigenvalue weighted by molar-refractivity contribution is 5.97. The van der Waals surface area contributed by atoms with Crippen LogP contribution >= 0.6 is 0 Å². The molecule has 0 radical (unpaired) electrons. The first-order chi connectivity index (χ1) is 15.2. The number of carbonyl (C=O) groups excluding carboxylic acids is 1. The van der Waals surface area contributed by atoms with Gasteiger partial charge in [0, 0.05) is 0 Å². The van der Waals surface area contributed by atoms with Crippen molar-refractivity contribution in [2.24, 2.45) is 5.10 Å². The average molecular weight is 427 g/mol. The lowest BCUT2D eigenvalue weighted by molar-refractivity contribution is 0.0952. The molecule has 0 bridgehead atoms. The molecular weight excluding hydrogens is 392 g/mol. The van der Waals surface area contributed by atoms with E-state index in [1.54, 1.807) is 31.5 Å². The number of benzene rings is 2. The third-order valence-corrected chi connectivity index (χ3v) is 4.92. The molecule has 6 nitrogen and oxygen atoms in total. The van der Waals surface area contributed by atoms with Crippen molar-refractivity contribution in [2.75, 3.05) is 20.8 Å². The van der Waals surface area contributed by atoms with E-state index in [1.807, 2.05) is 24.3 Å². The van der Waals surface area contributed by atoms with Crippen molar-refractivity contribution < 1.29 is 19.0 Å². The molecule has 31 heavy (non-hydrogen) atoms. The zero-order valence-electron chi connectivity index (χ0n) is 18.9. The summed E-state index contributed by atoms with van der Waals surface area (Å²) in [5, 5.41) is 4.04.